The van der Waals surface area contributed by atoms with Crippen molar-refractivity contribution in [3.8, 4) is 11.4 Å². The second-order valence-electron chi connectivity index (χ2n) is 4.75. The minimum atomic E-state index is -0.419. The second kappa shape index (κ2) is 5.90. The van der Waals surface area contributed by atoms with E-state index in [1.807, 2.05) is 16.7 Å². The van der Waals surface area contributed by atoms with Gasteiger partial charge in [0.05, 0.1) is 22.6 Å². The molecule has 7 heteroatoms. The first-order valence-electron chi connectivity index (χ1n) is 6.74. The van der Waals surface area contributed by atoms with Crippen molar-refractivity contribution in [2.24, 2.45) is 0 Å². The Hall–Kier alpha value is -2.80. The van der Waals surface area contributed by atoms with E-state index in [9.17, 15) is 10.1 Å². The van der Waals surface area contributed by atoms with Gasteiger partial charge in [-0.05, 0) is 18.2 Å². The van der Waals surface area contributed by atoms with Gasteiger partial charge < -0.3 is 9.30 Å². The van der Waals surface area contributed by atoms with Crippen LogP contribution in [0.4, 0.5) is 5.69 Å². The number of nitrogens with zero attached hydrogens (tertiary/aromatic N) is 4. The average Bonchev–Trinajstić information content (AvgIpc) is 2.91. The van der Waals surface area contributed by atoms with Crippen molar-refractivity contribution in [1.82, 2.24) is 14.5 Å². The van der Waals surface area contributed by atoms with Crippen LogP contribution in [0.1, 0.15) is 0 Å². The SMILES string of the molecule is COCCn1c(-c2cccnc2)nc2cc([N+](=O)[O-])ccc21. The first-order chi connectivity index (χ1) is 10.7. The first kappa shape index (κ1) is 14.2. The number of fused-ring (bicyclic) bond motifs is 1. The monoisotopic (exact) mass is 298 g/mol. The molecule has 0 aliphatic carbocycles. The Labute approximate surface area is 126 Å². The van der Waals surface area contributed by atoms with E-state index in [0.29, 0.717) is 18.7 Å². The third kappa shape index (κ3) is 2.53. The van der Waals surface area contributed by atoms with Crippen LogP contribution in [0.25, 0.3) is 22.4 Å². The van der Waals surface area contributed by atoms with E-state index < -0.39 is 4.92 Å². The number of aromatic nitrogens is 3. The molecular weight excluding hydrogens is 284 g/mol. The number of ether oxygens (including phenoxy) is 1. The van der Waals surface area contributed by atoms with E-state index in [2.05, 4.69) is 9.97 Å². The van der Waals surface area contributed by atoms with Gasteiger partial charge in [0.2, 0.25) is 0 Å². The number of benzene rings is 1. The quantitative estimate of drug-likeness (QED) is 0.534. The molecule has 0 unspecified atom stereocenters. The van der Waals surface area contributed by atoms with Gasteiger partial charge in [0.15, 0.2) is 0 Å². The third-order valence-electron chi connectivity index (χ3n) is 3.38. The van der Waals surface area contributed by atoms with Crippen LogP contribution in [0.3, 0.4) is 0 Å². The Morgan fingerprint density at radius 2 is 2.23 bits per heavy atom. The molecule has 7 nitrogen and oxygen atoms in total. The topological polar surface area (TPSA) is 83.1 Å². The molecular formula is C15H14N4O3. The van der Waals surface area contributed by atoms with E-state index in [1.165, 1.54) is 12.1 Å². The van der Waals surface area contributed by atoms with Crippen molar-refractivity contribution in [1.29, 1.82) is 0 Å². The molecule has 2 heterocycles. The number of hydrogen-bond acceptors (Lipinski definition) is 5. The summed E-state index contributed by atoms with van der Waals surface area (Å²) in [5.74, 6) is 0.723. The molecule has 3 rings (SSSR count). The lowest BCUT2D eigenvalue weighted by Crippen LogP contribution is -2.06. The molecule has 1 aromatic carbocycles. The van der Waals surface area contributed by atoms with Crippen molar-refractivity contribution >= 4 is 16.7 Å². The molecule has 0 atom stereocenters. The summed E-state index contributed by atoms with van der Waals surface area (Å²) >= 11 is 0. The first-order valence-corrected chi connectivity index (χ1v) is 6.74. The molecule has 0 saturated heterocycles. The molecule has 0 aliphatic rings. The standard InChI is InChI=1S/C15H14N4O3/c1-22-8-7-18-14-5-4-12(19(20)21)9-13(14)17-15(18)11-3-2-6-16-10-11/h2-6,9-10H,7-8H2,1H3. The number of hydrogen-bond donors (Lipinski definition) is 0. The van der Waals surface area contributed by atoms with E-state index >= 15 is 0 Å². The molecule has 0 aliphatic heterocycles. The maximum atomic E-state index is 10.9. The fourth-order valence-corrected chi connectivity index (χ4v) is 2.36. The highest BCUT2D eigenvalue weighted by molar-refractivity contribution is 5.82. The minimum absolute atomic E-state index is 0.0293. The fourth-order valence-electron chi connectivity index (χ4n) is 2.36. The third-order valence-corrected chi connectivity index (χ3v) is 3.38. The Balaban J connectivity index is 2.18. The van der Waals surface area contributed by atoms with Crippen molar-refractivity contribution < 1.29 is 9.66 Å². The summed E-state index contributed by atoms with van der Waals surface area (Å²) in [6.07, 6.45) is 3.41. The second-order valence-corrected chi connectivity index (χ2v) is 4.75. The number of pyridine rings is 1. The zero-order valence-electron chi connectivity index (χ0n) is 12.0. The Morgan fingerprint density at radius 3 is 2.91 bits per heavy atom. The Bertz CT molecular complexity index is 814. The predicted molar refractivity (Wildman–Crippen MR) is 81.5 cm³/mol. The number of imidazole rings is 1. The summed E-state index contributed by atoms with van der Waals surface area (Å²) in [6, 6.07) is 8.43. The molecule has 112 valence electrons. The van der Waals surface area contributed by atoms with Crippen LogP contribution in [-0.4, -0.2) is 33.2 Å². The summed E-state index contributed by atoms with van der Waals surface area (Å²) < 4.78 is 7.13. The van der Waals surface area contributed by atoms with Crippen LogP contribution in [0.15, 0.2) is 42.7 Å². The van der Waals surface area contributed by atoms with Crippen molar-refractivity contribution in [2.45, 2.75) is 6.54 Å². The number of rotatable bonds is 5. The maximum absolute atomic E-state index is 10.9. The van der Waals surface area contributed by atoms with E-state index in [4.69, 9.17) is 4.74 Å². The van der Waals surface area contributed by atoms with Crippen molar-refractivity contribution in [3.63, 3.8) is 0 Å². The minimum Gasteiger partial charge on any atom is -0.383 e. The van der Waals surface area contributed by atoms with Gasteiger partial charge in [-0.1, -0.05) is 0 Å². The zero-order chi connectivity index (χ0) is 15.5. The fraction of sp³-hybridized carbons (Fsp3) is 0.200. The number of non-ortho nitro benzene ring substituents is 1. The Morgan fingerprint density at radius 1 is 1.36 bits per heavy atom. The van der Waals surface area contributed by atoms with Gasteiger partial charge in [-0.2, -0.15) is 0 Å². The molecule has 0 spiro atoms. The molecule has 3 aromatic rings. The van der Waals surface area contributed by atoms with Crippen LogP contribution < -0.4 is 0 Å². The lowest BCUT2D eigenvalue weighted by Gasteiger charge is -2.08. The average molecular weight is 298 g/mol. The lowest BCUT2D eigenvalue weighted by molar-refractivity contribution is -0.384. The summed E-state index contributed by atoms with van der Waals surface area (Å²) in [7, 11) is 1.63. The molecule has 0 saturated carbocycles. The highest BCUT2D eigenvalue weighted by Gasteiger charge is 2.15. The van der Waals surface area contributed by atoms with Gasteiger partial charge in [0.1, 0.15) is 5.82 Å². The number of methoxy groups -OCH3 is 1. The van der Waals surface area contributed by atoms with Crippen LogP contribution in [0.5, 0.6) is 0 Å². The molecule has 22 heavy (non-hydrogen) atoms. The molecule has 0 radical (unpaired) electrons. The highest BCUT2D eigenvalue weighted by atomic mass is 16.6. The van der Waals surface area contributed by atoms with Gasteiger partial charge in [-0.15, -0.1) is 0 Å². The van der Waals surface area contributed by atoms with Gasteiger partial charge in [0, 0.05) is 43.7 Å². The number of nitro groups is 1. The van der Waals surface area contributed by atoms with Crippen LogP contribution in [-0.2, 0) is 11.3 Å². The van der Waals surface area contributed by atoms with Gasteiger partial charge in [0.25, 0.3) is 5.69 Å². The smallest absolute Gasteiger partial charge is 0.271 e. The van der Waals surface area contributed by atoms with Gasteiger partial charge in [-0.3, -0.25) is 15.1 Å². The molecule has 0 fully saturated rings. The van der Waals surface area contributed by atoms with Gasteiger partial charge >= 0.3 is 0 Å². The maximum Gasteiger partial charge on any atom is 0.271 e. The molecule has 0 N–H and O–H groups in total. The van der Waals surface area contributed by atoms with Gasteiger partial charge in [-0.25, -0.2) is 4.98 Å². The number of nitro benzene ring substituents is 1. The summed E-state index contributed by atoms with van der Waals surface area (Å²) in [5, 5.41) is 10.9. The molecule has 2 aromatic heterocycles. The van der Waals surface area contributed by atoms with Crippen molar-refractivity contribution in [2.75, 3.05) is 13.7 Å². The lowest BCUT2D eigenvalue weighted by atomic mass is 10.2. The van der Waals surface area contributed by atoms with Crippen LogP contribution >= 0.6 is 0 Å². The summed E-state index contributed by atoms with van der Waals surface area (Å²) in [6.45, 7) is 1.13. The zero-order valence-corrected chi connectivity index (χ0v) is 12.0. The van der Waals surface area contributed by atoms with Crippen LogP contribution in [0.2, 0.25) is 0 Å². The van der Waals surface area contributed by atoms with Crippen LogP contribution in [0, 0.1) is 10.1 Å². The normalized spacial score (nSPS) is 11.0. The van der Waals surface area contributed by atoms with Crippen molar-refractivity contribution in [3.05, 3.63) is 52.8 Å². The predicted octanol–water partition coefficient (Wildman–Crippen LogP) is 2.65. The van der Waals surface area contributed by atoms with E-state index in [1.54, 1.807) is 25.6 Å². The highest BCUT2D eigenvalue weighted by Crippen LogP contribution is 2.27. The van der Waals surface area contributed by atoms with E-state index in [0.717, 1.165) is 16.9 Å². The molecule has 0 bridgehead atoms. The summed E-state index contributed by atoms with van der Waals surface area (Å²) in [5.41, 5.74) is 2.31. The summed E-state index contributed by atoms with van der Waals surface area (Å²) in [4.78, 5) is 19.1. The molecule has 0 amide bonds. The Kier molecular flexibility index (Phi) is 3.80. The largest absolute Gasteiger partial charge is 0.383 e. The van der Waals surface area contributed by atoms with E-state index in [-0.39, 0.29) is 5.69 Å².